The summed E-state index contributed by atoms with van der Waals surface area (Å²) in [4.78, 5) is 17.5. The molecule has 1 fully saturated rings. The van der Waals surface area contributed by atoms with Gasteiger partial charge in [-0.3, -0.25) is 9.78 Å². The number of hydrogen-bond acceptors (Lipinski definition) is 3. The minimum Gasteiger partial charge on any atom is -0.392 e. The fourth-order valence-corrected chi connectivity index (χ4v) is 3.84. The Morgan fingerprint density at radius 2 is 1.90 bits per heavy atom. The Morgan fingerprint density at radius 3 is 2.55 bits per heavy atom. The molecular formula is C25H24F2N2O2. The van der Waals surface area contributed by atoms with Crippen molar-refractivity contribution in [3.05, 3.63) is 88.2 Å². The van der Waals surface area contributed by atoms with E-state index < -0.39 is 0 Å². The molecule has 1 aliphatic carbocycles. The minimum absolute atomic E-state index is 0.223. The third-order valence-electron chi connectivity index (χ3n) is 5.68. The van der Waals surface area contributed by atoms with Crippen LogP contribution in [0.25, 0.3) is 11.1 Å². The topological polar surface area (TPSA) is 62.2 Å². The zero-order chi connectivity index (χ0) is 22.1. The van der Waals surface area contributed by atoms with Crippen molar-refractivity contribution in [3.63, 3.8) is 0 Å². The Bertz CT molecular complexity index is 1140. The summed E-state index contributed by atoms with van der Waals surface area (Å²) in [5, 5.41) is 12.8. The van der Waals surface area contributed by atoms with E-state index in [1.807, 2.05) is 0 Å². The molecule has 6 heteroatoms. The van der Waals surface area contributed by atoms with Crippen LogP contribution in [0.5, 0.6) is 0 Å². The second-order valence-corrected chi connectivity index (χ2v) is 8.13. The van der Waals surface area contributed by atoms with Gasteiger partial charge >= 0.3 is 0 Å². The van der Waals surface area contributed by atoms with Crippen molar-refractivity contribution in [3.8, 4) is 11.1 Å². The Morgan fingerprint density at radius 1 is 1.13 bits per heavy atom. The lowest BCUT2D eigenvalue weighted by Crippen LogP contribution is -2.30. The summed E-state index contributed by atoms with van der Waals surface area (Å²) in [6, 6.07) is 12.3. The van der Waals surface area contributed by atoms with Gasteiger partial charge in [0.1, 0.15) is 11.6 Å². The van der Waals surface area contributed by atoms with Crippen LogP contribution in [-0.4, -0.2) is 16.0 Å². The highest BCUT2D eigenvalue weighted by Crippen LogP contribution is 2.41. The van der Waals surface area contributed by atoms with Crippen LogP contribution >= 0.6 is 0 Å². The van der Waals surface area contributed by atoms with Crippen molar-refractivity contribution in [2.75, 3.05) is 0 Å². The zero-order valence-corrected chi connectivity index (χ0v) is 17.5. The fourth-order valence-electron chi connectivity index (χ4n) is 3.84. The first kappa shape index (κ1) is 21.1. The van der Waals surface area contributed by atoms with Crippen molar-refractivity contribution >= 4 is 5.91 Å². The molecule has 0 aliphatic heterocycles. The molecule has 1 aliphatic rings. The van der Waals surface area contributed by atoms with Crippen LogP contribution in [0.4, 0.5) is 8.78 Å². The number of rotatable bonds is 6. The van der Waals surface area contributed by atoms with Crippen molar-refractivity contribution in [1.29, 1.82) is 0 Å². The molecular weight excluding hydrogens is 398 g/mol. The van der Waals surface area contributed by atoms with E-state index in [1.54, 1.807) is 44.2 Å². The third-order valence-corrected chi connectivity index (χ3v) is 5.68. The molecule has 1 saturated carbocycles. The molecule has 1 amide bonds. The lowest BCUT2D eigenvalue weighted by molar-refractivity contribution is 0.0930. The van der Waals surface area contributed by atoms with Gasteiger partial charge in [-0.2, -0.15) is 0 Å². The van der Waals surface area contributed by atoms with Gasteiger partial charge in [-0.25, -0.2) is 8.78 Å². The normalized spacial score (nSPS) is 14.4. The first-order valence-electron chi connectivity index (χ1n) is 10.3. The van der Waals surface area contributed by atoms with Crippen LogP contribution in [0.3, 0.4) is 0 Å². The summed E-state index contributed by atoms with van der Waals surface area (Å²) in [5.41, 5.74) is 4.19. The zero-order valence-electron chi connectivity index (χ0n) is 17.5. The summed E-state index contributed by atoms with van der Waals surface area (Å²) in [6.45, 7) is 3.18. The van der Waals surface area contributed by atoms with E-state index in [0.717, 1.165) is 29.5 Å². The summed E-state index contributed by atoms with van der Waals surface area (Å²) < 4.78 is 27.2. The number of nitrogens with zero attached hydrogens (tertiary/aromatic N) is 1. The lowest BCUT2D eigenvalue weighted by atomic mass is 9.96. The van der Waals surface area contributed by atoms with Gasteiger partial charge in [-0.15, -0.1) is 0 Å². The van der Waals surface area contributed by atoms with E-state index in [0.29, 0.717) is 22.5 Å². The lowest BCUT2D eigenvalue weighted by Gasteiger charge is -2.19. The van der Waals surface area contributed by atoms with Crippen LogP contribution < -0.4 is 5.32 Å². The first-order chi connectivity index (χ1) is 14.9. The molecule has 1 atom stereocenters. The van der Waals surface area contributed by atoms with Gasteiger partial charge in [0.2, 0.25) is 0 Å². The highest BCUT2D eigenvalue weighted by atomic mass is 19.1. The summed E-state index contributed by atoms with van der Waals surface area (Å²) in [6.07, 6.45) is 1.94. The van der Waals surface area contributed by atoms with E-state index in [2.05, 4.69) is 10.3 Å². The van der Waals surface area contributed by atoms with Gasteiger partial charge in [-0.1, -0.05) is 6.07 Å². The van der Waals surface area contributed by atoms with E-state index in [4.69, 9.17) is 0 Å². The Balaban J connectivity index is 1.66. The standard InChI is InChI=1S/C25H24F2N2O2/c1-14-9-20(26)5-6-21(14)18-10-16(13-30)11-19(12-18)25(31)29-24(17-3-4-17)23-8-7-22(27)15(2)28-23/h5-12,17,24,30H,3-4,13H2,1-2H3,(H,29,31)/t24-/m0/s1. The largest absolute Gasteiger partial charge is 0.392 e. The number of carbonyl (C=O) groups is 1. The van der Waals surface area contributed by atoms with Gasteiger partial charge in [0.25, 0.3) is 5.91 Å². The molecule has 1 aromatic heterocycles. The van der Waals surface area contributed by atoms with E-state index in [9.17, 15) is 18.7 Å². The average molecular weight is 422 g/mol. The van der Waals surface area contributed by atoms with Crippen molar-refractivity contribution in [2.45, 2.75) is 39.3 Å². The maximum absolute atomic E-state index is 13.7. The maximum Gasteiger partial charge on any atom is 0.251 e. The predicted octanol–water partition coefficient (Wildman–Crippen LogP) is 5.02. The quantitative estimate of drug-likeness (QED) is 0.587. The number of hydrogen-bond donors (Lipinski definition) is 2. The summed E-state index contributed by atoms with van der Waals surface area (Å²) >= 11 is 0. The number of aliphatic hydroxyl groups excluding tert-OH is 1. The highest BCUT2D eigenvalue weighted by Gasteiger charge is 2.34. The molecule has 3 aromatic rings. The molecule has 4 rings (SSSR count). The molecule has 31 heavy (non-hydrogen) atoms. The molecule has 0 radical (unpaired) electrons. The van der Waals surface area contributed by atoms with Gasteiger partial charge in [0.15, 0.2) is 0 Å². The second kappa shape index (κ2) is 8.55. The highest BCUT2D eigenvalue weighted by molar-refractivity contribution is 5.96. The Hall–Kier alpha value is -3.12. The third kappa shape index (κ3) is 4.64. The van der Waals surface area contributed by atoms with Gasteiger partial charge < -0.3 is 10.4 Å². The molecule has 0 spiro atoms. The van der Waals surface area contributed by atoms with Crippen molar-refractivity contribution in [1.82, 2.24) is 10.3 Å². The SMILES string of the molecule is Cc1cc(F)ccc1-c1cc(CO)cc(C(=O)N[C@H](c2ccc(F)c(C)n2)C2CC2)c1. The van der Waals surface area contributed by atoms with E-state index in [-0.39, 0.29) is 36.1 Å². The molecule has 0 unspecified atom stereocenters. The molecule has 4 nitrogen and oxygen atoms in total. The number of carbonyl (C=O) groups excluding carboxylic acids is 1. The number of aromatic nitrogens is 1. The monoisotopic (exact) mass is 422 g/mol. The predicted molar refractivity (Wildman–Crippen MR) is 114 cm³/mol. The summed E-state index contributed by atoms with van der Waals surface area (Å²) in [5.74, 6) is -0.732. The minimum atomic E-state index is -0.375. The number of aryl methyl sites for hydroxylation is 2. The van der Waals surface area contributed by atoms with Crippen molar-refractivity contribution in [2.24, 2.45) is 5.92 Å². The van der Waals surface area contributed by atoms with E-state index in [1.165, 1.54) is 18.2 Å². The van der Waals surface area contributed by atoms with E-state index >= 15 is 0 Å². The van der Waals surface area contributed by atoms with Crippen LogP contribution in [0, 0.1) is 31.4 Å². The maximum atomic E-state index is 13.7. The van der Waals surface area contributed by atoms with Crippen LogP contribution in [0.1, 0.15) is 51.8 Å². The molecule has 2 N–H and O–H groups in total. The number of amides is 1. The number of pyridine rings is 1. The second-order valence-electron chi connectivity index (χ2n) is 8.13. The fraction of sp³-hybridized carbons (Fsp3) is 0.280. The smallest absolute Gasteiger partial charge is 0.251 e. The van der Waals surface area contributed by atoms with Crippen LogP contribution in [0.15, 0.2) is 48.5 Å². The van der Waals surface area contributed by atoms with Gasteiger partial charge in [0.05, 0.1) is 24.0 Å². The van der Waals surface area contributed by atoms with Crippen LogP contribution in [0.2, 0.25) is 0 Å². The number of nitrogens with one attached hydrogen (secondary N) is 1. The Kier molecular flexibility index (Phi) is 5.83. The molecule has 1 heterocycles. The van der Waals surface area contributed by atoms with Crippen molar-refractivity contribution < 1.29 is 18.7 Å². The Labute approximate surface area is 180 Å². The number of benzene rings is 2. The molecule has 160 valence electrons. The molecule has 0 saturated heterocycles. The average Bonchev–Trinajstić information content (AvgIpc) is 3.58. The van der Waals surface area contributed by atoms with Gasteiger partial charge in [0, 0.05) is 5.56 Å². The molecule has 0 bridgehead atoms. The number of aliphatic hydroxyl groups is 1. The molecule has 2 aromatic carbocycles. The summed E-state index contributed by atoms with van der Waals surface area (Å²) in [7, 11) is 0. The van der Waals surface area contributed by atoms with Gasteiger partial charge in [-0.05, 0) is 97.3 Å². The van der Waals surface area contributed by atoms with Crippen LogP contribution in [-0.2, 0) is 6.61 Å². The number of halogens is 2. The first-order valence-corrected chi connectivity index (χ1v) is 10.3.